The zero-order valence-electron chi connectivity index (χ0n) is 7.47. The second kappa shape index (κ2) is 4.27. The van der Waals surface area contributed by atoms with Crippen molar-refractivity contribution in [3.05, 3.63) is 11.9 Å². The molecule has 0 saturated carbocycles. The molecule has 0 fully saturated rings. The maximum absolute atomic E-state index is 10.5. The van der Waals surface area contributed by atoms with E-state index < -0.39 is 11.2 Å². The first kappa shape index (κ1) is 10.0. The lowest BCUT2D eigenvalue weighted by atomic mass is 10.5. The summed E-state index contributed by atoms with van der Waals surface area (Å²) in [5, 5.41) is 15.8. The van der Waals surface area contributed by atoms with Crippen molar-refractivity contribution in [3.8, 4) is 0 Å². The van der Waals surface area contributed by atoms with Gasteiger partial charge in [-0.1, -0.05) is 5.21 Å². The molecule has 5 nitrogen and oxygen atoms in total. The number of nitrogens with zero attached hydrogens (tertiary/aromatic N) is 3. The van der Waals surface area contributed by atoms with Gasteiger partial charge in [-0.15, -0.1) is 16.9 Å². The number of rotatable bonds is 4. The standard InChI is InChI=1S/C7H11N3O2S/c1-5(7(11)12)13-4-6-3-10(2)9-8-6/h3,5H,4H2,1-2H3,(H,11,12). The summed E-state index contributed by atoms with van der Waals surface area (Å²) in [5.41, 5.74) is 0.806. The van der Waals surface area contributed by atoms with Crippen LogP contribution < -0.4 is 0 Å². The van der Waals surface area contributed by atoms with Gasteiger partial charge in [0, 0.05) is 19.0 Å². The van der Waals surface area contributed by atoms with Crippen LogP contribution >= 0.6 is 11.8 Å². The molecule has 0 bridgehead atoms. The zero-order valence-corrected chi connectivity index (χ0v) is 8.28. The Balaban J connectivity index is 2.39. The van der Waals surface area contributed by atoms with Crippen molar-refractivity contribution in [2.75, 3.05) is 0 Å². The fourth-order valence-electron chi connectivity index (χ4n) is 0.743. The van der Waals surface area contributed by atoms with Gasteiger partial charge in [0.2, 0.25) is 0 Å². The third-order valence-electron chi connectivity index (χ3n) is 1.48. The first-order chi connectivity index (χ1) is 6.09. The molecule has 0 saturated heterocycles. The molecule has 72 valence electrons. The van der Waals surface area contributed by atoms with Crippen molar-refractivity contribution in [2.24, 2.45) is 7.05 Å². The lowest BCUT2D eigenvalue weighted by molar-refractivity contribution is -0.136. The van der Waals surface area contributed by atoms with E-state index in [4.69, 9.17) is 5.11 Å². The Labute approximate surface area is 80.1 Å². The van der Waals surface area contributed by atoms with Gasteiger partial charge in [-0.2, -0.15) is 0 Å². The summed E-state index contributed by atoms with van der Waals surface area (Å²) in [6.07, 6.45) is 1.78. The zero-order chi connectivity index (χ0) is 9.84. The molecule has 0 radical (unpaired) electrons. The predicted octanol–water partition coefficient (Wildman–Crippen LogP) is 0.521. The maximum atomic E-state index is 10.5. The van der Waals surface area contributed by atoms with Gasteiger partial charge >= 0.3 is 5.97 Å². The average molecular weight is 201 g/mol. The highest BCUT2D eigenvalue weighted by Gasteiger charge is 2.11. The predicted molar refractivity (Wildman–Crippen MR) is 49.4 cm³/mol. The van der Waals surface area contributed by atoms with Crippen LogP contribution in [0.15, 0.2) is 6.20 Å². The van der Waals surface area contributed by atoms with Crippen molar-refractivity contribution in [2.45, 2.75) is 17.9 Å². The Morgan fingerprint density at radius 1 is 1.85 bits per heavy atom. The summed E-state index contributed by atoms with van der Waals surface area (Å²) in [6, 6.07) is 0. The maximum Gasteiger partial charge on any atom is 0.316 e. The molecule has 0 aromatic carbocycles. The van der Waals surface area contributed by atoms with Gasteiger partial charge < -0.3 is 5.11 Å². The van der Waals surface area contributed by atoms with Crippen LogP contribution in [0.3, 0.4) is 0 Å². The molecular formula is C7H11N3O2S. The normalized spacial score (nSPS) is 12.8. The van der Waals surface area contributed by atoms with Gasteiger partial charge in [0.1, 0.15) is 0 Å². The van der Waals surface area contributed by atoms with E-state index in [1.165, 1.54) is 11.8 Å². The first-order valence-corrected chi connectivity index (χ1v) is 4.84. The molecule has 6 heteroatoms. The minimum atomic E-state index is -0.797. The average Bonchev–Trinajstić information content (AvgIpc) is 2.47. The summed E-state index contributed by atoms with van der Waals surface area (Å²) in [7, 11) is 1.78. The summed E-state index contributed by atoms with van der Waals surface area (Å²) in [6.45, 7) is 1.66. The third-order valence-corrected chi connectivity index (χ3v) is 2.64. The number of carboxylic acid groups (broad SMARTS) is 1. The van der Waals surface area contributed by atoms with Gasteiger partial charge in [-0.05, 0) is 6.92 Å². The number of aromatic nitrogens is 3. The van der Waals surface area contributed by atoms with E-state index in [-0.39, 0.29) is 0 Å². The van der Waals surface area contributed by atoms with Crippen molar-refractivity contribution in [1.29, 1.82) is 0 Å². The first-order valence-electron chi connectivity index (χ1n) is 3.79. The van der Waals surface area contributed by atoms with Crippen LogP contribution in [0.4, 0.5) is 0 Å². The molecule has 0 aliphatic heterocycles. The second-order valence-corrected chi connectivity index (χ2v) is 4.00. The molecule has 0 spiro atoms. The van der Waals surface area contributed by atoms with Crippen LogP contribution in [0.25, 0.3) is 0 Å². The number of carboxylic acids is 1. The molecule has 0 amide bonds. The number of thioether (sulfide) groups is 1. The lowest BCUT2D eigenvalue weighted by Crippen LogP contribution is -2.11. The van der Waals surface area contributed by atoms with Crippen LogP contribution in [0.2, 0.25) is 0 Å². The van der Waals surface area contributed by atoms with E-state index in [9.17, 15) is 4.79 Å². The highest BCUT2D eigenvalue weighted by atomic mass is 32.2. The number of aryl methyl sites for hydroxylation is 1. The van der Waals surface area contributed by atoms with Crippen LogP contribution in [-0.2, 0) is 17.6 Å². The van der Waals surface area contributed by atoms with Gasteiger partial charge in [0.25, 0.3) is 0 Å². The Kier molecular flexibility index (Phi) is 3.30. The lowest BCUT2D eigenvalue weighted by Gasteiger charge is -2.02. The van der Waals surface area contributed by atoms with Crippen LogP contribution in [0.1, 0.15) is 12.6 Å². The Morgan fingerprint density at radius 3 is 3.00 bits per heavy atom. The molecule has 0 aliphatic carbocycles. The van der Waals surface area contributed by atoms with Crippen molar-refractivity contribution >= 4 is 17.7 Å². The van der Waals surface area contributed by atoms with Crippen LogP contribution in [-0.4, -0.2) is 31.3 Å². The molecule has 1 aromatic rings. The van der Waals surface area contributed by atoms with Gasteiger partial charge in [0.15, 0.2) is 0 Å². The SMILES string of the molecule is CC(SCc1cn(C)nn1)C(=O)O. The monoisotopic (exact) mass is 201 g/mol. The van der Waals surface area contributed by atoms with E-state index in [1.807, 2.05) is 0 Å². The highest BCUT2D eigenvalue weighted by molar-refractivity contribution is 7.99. The number of hydrogen-bond donors (Lipinski definition) is 1. The van der Waals surface area contributed by atoms with E-state index in [2.05, 4.69) is 10.3 Å². The molecule has 1 aromatic heterocycles. The summed E-state index contributed by atoms with van der Waals surface area (Å²) < 4.78 is 1.60. The molecule has 1 N–H and O–H groups in total. The topological polar surface area (TPSA) is 68.0 Å². The van der Waals surface area contributed by atoms with E-state index >= 15 is 0 Å². The van der Waals surface area contributed by atoms with Gasteiger partial charge in [0.05, 0.1) is 10.9 Å². The molecule has 1 heterocycles. The van der Waals surface area contributed by atoms with Crippen molar-refractivity contribution in [1.82, 2.24) is 15.0 Å². The van der Waals surface area contributed by atoms with Gasteiger partial charge in [-0.3, -0.25) is 9.48 Å². The molecule has 0 aliphatic rings. The summed E-state index contributed by atoms with van der Waals surface area (Å²) >= 11 is 1.34. The van der Waals surface area contributed by atoms with E-state index in [0.717, 1.165) is 5.69 Å². The van der Waals surface area contributed by atoms with Gasteiger partial charge in [-0.25, -0.2) is 0 Å². The third kappa shape index (κ3) is 3.06. The Morgan fingerprint density at radius 2 is 2.54 bits per heavy atom. The van der Waals surface area contributed by atoms with E-state index in [1.54, 1.807) is 24.9 Å². The van der Waals surface area contributed by atoms with Crippen molar-refractivity contribution < 1.29 is 9.90 Å². The largest absolute Gasteiger partial charge is 0.480 e. The quantitative estimate of drug-likeness (QED) is 0.769. The summed E-state index contributed by atoms with van der Waals surface area (Å²) in [5.74, 6) is -0.213. The minimum Gasteiger partial charge on any atom is -0.480 e. The van der Waals surface area contributed by atoms with Crippen molar-refractivity contribution in [3.63, 3.8) is 0 Å². The Hall–Kier alpha value is -1.04. The minimum absolute atomic E-state index is 0.401. The molecular weight excluding hydrogens is 190 g/mol. The number of carbonyl (C=O) groups is 1. The Bertz CT molecular complexity index is 300. The summed E-state index contributed by atoms with van der Waals surface area (Å²) in [4.78, 5) is 10.5. The highest BCUT2D eigenvalue weighted by Crippen LogP contribution is 2.15. The molecule has 1 rings (SSSR count). The smallest absolute Gasteiger partial charge is 0.316 e. The fourth-order valence-corrected chi connectivity index (χ4v) is 1.44. The fraction of sp³-hybridized carbons (Fsp3) is 0.571. The van der Waals surface area contributed by atoms with Crippen LogP contribution in [0, 0.1) is 0 Å². The molecule has 13 heavy (non-hydrogen) atoms. The number of aliphatic carboxylic acids is 1. The molecule has 1 atom stereocenters. The number of hydrogen-bond acceptors (Lipinski definition) is 4. The second-order valence-electron chi connectivity index (χ2n) is 2.68. The van der Waals surface area contributed by atoms with E-state index in [0.29, 0.717) is 5.75 Å². The molecule has 1 unspecified atom stereocenters. The van der Waals surface area contributed by atoms with Crippen LogP contribution in [0.5, 0.6) is 0 Å².